The molecule has 0 saturated carbocycles. The standard InChI is InChI=1S/C30H25N3/c1-20-12-14-25-24-9-5-7-11-28(24)33(29(25)18-20)27-15-13-23(19-22(27)3)30-31-16-17-32(30)26-10-6-4-8-21(26)2/h4-19H,1-3H3. The molecule has 3 heteroatoms. The van der Waals surface area contributed by atoms with Crippen LogP contribution in [-0.2, 0) is 0 Å². The van der Waals surface area contributed by atoms with Crippen LogP contribution in [0.2, 0.25) is 0 Å². The zero-order valence-electron chi connectivity index (χ0n) is 19.1. The Kier molecular flexibility index (Phi) is 4.44. The molecule has 0 unspecified atom stereocenters. The Hall–Kier alpha value is -4.11. The van der Waals surface area contributed by atoms with Crippen LogP contribution >= 0.6 is 0 Å². The van der Waals surface area contributed by atoms with Crippen LogP contribution in [0, 0.1) is 20.8 Å². The Morgan fingerprint density at radius 3 is 2.27 bits per heavy atom. The van der Waals surface area contributed by atoms with Crippen molar-refractivity contribution < 1.29 is 0 Å². The van der Waals surface area contributed by atoms with Crippen LogP contribution in [0.4, 0.5) is 0 Å². The normalized spacial score (nSPS) is 11.5. The molecular formula is C30H25N3. The molecule has 4 aromatic carbocycles. The van der Waals surface area contributed by atoms with E-state index in [1.807, 2.05) is 12.4 Å². The van der Waals surface area contributed by atoms with Gasteiger partial charge in [-0.15, -0.1) is 0 Å². The molecule has 0 aliphatic heterocycles. The van der Waals surface area contributed by atoms with E-state index in [2.05, 4.69) is 115 Å². The number of imidazole rings is 1. The summed E-state index contributed by atoms with van der Waals surface area (Å²) < 4.78 is 4.57. The first-order valence-electron chi connectivity index (χ1n) is 11.3. The highest BCUT2D eigenvalue weighted by atomic mass is 15.1. The van der Waals surface area contributed by atoms with Gasteiger partial charge in [-0.2, -0.15) is 0 Å². The van der Waals surface area contributed by atoms with Gasteiger partial charge in [0.05, 0.1) is 11.0 Å². The van der Waals surface area contributed by atoms with E-state index < -0.39 is 0 Å². The minimum Gasteiger partial charge on any atom is -0.309 e. The average molecular weight is 428 g/mol. The van der Waals surface area contributed by atoms with Gasteiger partial charge in [0.2, 0.25) is 0 Å². The summed E-state index contributed by atoms with van der Waals surface area (Å²) in [4.78, 5) is 4.71. The number of hydrogen-bond donors (Lipinski definition) is 0. The van der Waals surface area contributed by atoms with Crippen LogP contribution in [-0.4, -0.2) is 14.1 Å². The predicted octanol–water partition coefficient (Wildman–Crippen LogP) is 7.56. The second-order valence-electron chi connectivity index (χ2n) is 8.78. The van der Waals surface area contributed by atoms with Crippen LogP contribution in [0.5, 0.6) is 0 Å². The van der Waals surface area contributed by atoms with Crippen molar-refractivity contribution in [2.75, 3.05) is 0 Å². The molecule has 0 aliphatic carbocycles. The van der Waals surface area contributed by atoms with Crippen molar-refractivity contribution in [2.45, 2.75) is 20.8 Å². The van der Waals surface area contributed by atoms with Crippen molar-refractivity contribution in [3.8, 4) is 22.8 Å². The van der Waals surface area contributed by atoms with Crippen molar-refractivity contribution in [1.29, 1.82) is 0 Å². The molecule has 2 heterocycles. The highest BCUT2D eigenvalue weighted by molar-refractivity contribution is 6.09. The summed E-state index contributed by atoms with van der Waals surface area (Å²) in [5, 5.41) is 2.57. The Bertz CT molecular complexity index is 1650. The van der Waals surface area contributed by atoms with E-state index in [0.717, 1.165) is 17.1 Å². The molecular weight excluding hydrogens is 402 g/mol. The fraction of sp³-hybridized carbons (Fsp3) is 0.100. The van der Waals surface area contributed by atoms with Gasteiger partial charge in [-0.1, -0.05) is 48.5 Å². The highest BCUT2D eigenvalue weighted by Crippen LogP contribution is 2.34. The van der Waals surface area contributed by atoms with Crippen LogP contribution in [0.25, 0.3) is 44.6 Å². The molecule has 6 rings (SSSR count). The molecule has 0 atom stereocenters. The van der Waals surface area contributed by atoms with Crippen molar-refractivity contribution in [2.24, 2.45) is 0 Å². The molecule has 0 radical (unpaired) electrons. The third kappa shape index (κ3) is 3.08. The Balaban J connectivity index is 1.54. The average Bonchev–Trinajstić information content (AvgIpc) is 3.42. The van der Waals surface area contributed by atoms with Crippen LogP contribution in [0.15, 0.2) is 97.3 Å². The van der Waals surface area contributed by atoms with Crippen LogP contribution in [0.1, 0.15) is 16.7 Å². The van der Waals surface area contributed by atoms with Crippen LogP contribution in [0.3, 0.4) is 0 Å². The van der Waals surface area contributed by atoms with E-state index >= 15 is 0 Å². The molecule has 0 amide bonds. The second kappa shape index (κ2) is 7.49. The monoisotopic (exact) mass is 427 g/mol. The molecule has 0 spiro atoms. The van der Waals surface area contributed by atoms with Gasteiger partial charge in [-0.05, 0) is 73.9 Å². The lowest BCUT2D eigenvalue weighted by molar-refractivity contribution is 1.05. The number of aromatic nitrogens is 3. The molecule has 6 aromatic rings. The first-order chi connectivity index (χ1) is 16.1. The van der Waals surface area contributed by atoms with E-state index in [0.29, 0.717) is 0 Å². The third-order valence-corrected chi connectivity index (χ3v) is 6.54. The van der Waals surface area contributed by atoms with E-state index in [4.69, 9.17) is 4.98 Å². The van der Waals surface area contributed by atoms with Gasteiger partial charge in [-0.3, -0.25) is 4.57 Å². The van der Waals surface area contributed by atoms with Gasteiger partial charge < -0.3 is 4.57 Å². The summed E-state index contributed by atoms with van der Waals surface area (Å²) in [7, 11) is 0. The first kappa shape index (κ1) is 19.6. The van der Waals surface area contributed by atoms with Crippen molar-refractivity contribution in [3.05, 3.63) is 114 Å². The molecule has 0 saturated heterocycles. The van der Waals surface area contributed by atoms with Crippen molar-refractivity contribution in [3.63, 3.8) is 0 Å². The fourth-order valence-corrected chi connectivity index (χ4v) is 4.93. The third-order valence-electron chi connectivity index (χ3n) is 6.54. The molecule has 0 bridgehead atoms. The number of nitrogens with zero attached hydrogens (tertiary/aromatic N) is 3. The molecule has 0 aliphatic rings. The molecule has 160 valence electrons. The van der Waals surface area contributed by atoms with Gasteiger partial charge in [0, 0.05) is 40.1 Å². The fourth-order valence-electron chi connectivity index (χ4n) is 4.93. The molecule has 2 aromatic heterocycles. The maximum atomic E-state index is 4.71. The van der Waals surface area contributed by atoms with E-state index in [1.54, 1.807) is 0 Å². The first-order valence-corrected chi connectivity index (χ1v) is 11.3. The number of hydrogen-bond acceptors (Lipinski definition) is 1. The van der Waals surface area contributed by atoms with Gasteiger partial charge in [-0.25, -0.2) is 4.98 Å². The summed E-state index contributed by atoms with van der Waals surface area (Å²) >= 11 is 0. The SMILES string of the molecule is Cc1ccc2c3ccccc3n(-c3ccc(-c4nccn4-c4ccccc4C)cc3C)c2c1. The number of aryl methyl sites for hydroxylation is 3. The zero-order valence-corrected chi connectivity index (χ0v) is 19.1. The topological polar surface area (TPSA) is 22.8 Å². The summed E-state index contributed by atoms with van der Waals surface area (Å²) in [5.74, 6) is 0.956. The Morgan fingerprint density at radius 1 is 0.636 bits per heavy atom. The van der Waals surface area contributed by atoms with Gasteiger partial charge >= 0.3 is 0 Å². The minimum absolute atomic E-state index is 0.956. The van der Waals surface area contributed by atoms with E-state index in [9.17, 15) is 0 Å². The van der Waals surface area contributed by atoms with Crippen molar-refractivity contribution >= 4 is 21.8 Å². The van der Waals surface area contributed by atoms with Gasteiger partial charge in [0.15, 0.2) is 0 Å². The summed E-state index contributed by atoms with van der Waals surface area (Å²) in [6, 6.07) is 30.5. The molecule has 0 N–H and O–H groups in total. The lowest BCUT2D eigenvalue weighted by Gasteiger charge is -2.15. The summed E-state index contributed by atoms with van der Waals surface area (Å²) in [6.07, 6.45) is 3.91. The summed E-state index contributed by atoms with van der Waals surface area (Å²) in [5.41, 5.74) is 9.65. The number of para-hydroxylation sites is 2. The molecule has 33 heavy (non-hydrogen) atoms. The number of rotatable bonds is 3. The summed E-state index contributed by atoms with van der Waals surface area (Å²) in [6.45, 7) is 6.48. The van der Waals surface area contributed by atoms with Crippen molar-refractivity contribution in [1.82, 2.24) is 14.1 Å². The second-order valence-corrected chi connectivity index (χ2v) is 8.78. The van der Waals surface area contributed by atoms with Gasteiger partial charge in [0.1, 0.15) is 5.82 Å². The quantitative estimate of drug-likeness (QED) is 0.286. The highest BCUT2D eigenvalue weighted by Gasteiger charge is 2.15. The predicted molar refractivity (Wildman–Crippen MR) is 138 cm³/mol. The number of benzene rings is 4. The molecule has 3 nitrogen and oxygen atoms in total. The lowest BCUT2D eigenvalue weighted by atomic mass is 10.1. The zero-order chi connectivity index (χ0) is 22.5. The minimum atomic E-state index is 0.956. The maximum Gasteiger partial charge on any atom is 0.144 e. The Labute approximate surface area is 193 Å². The number of fused-ring (bicyclic) bond motifs is 3. The maximum absolute atomic E-state index is 4.71. The van der Waals surface area contributed by atoms with Crippen LogP contribution < -0.4 is 0 Å². The smallest absolute Gasteiger partial charge is 0.144 e. The largest absolute Gasteiger partial charge is 0.309 e. The van der Waals surface area contributed by atoms with Gasteiger partial charge in [0.25, 0.3) is 0 Å². The molecule has 0 fully saturated rings. The lowest BCUT2D eigenvalue weighted by Crippen LogP contribution is -2.01. The van der Waals surface area contributed by atoms with E-state index in [1.165, 1.54) is 44.2 Å². The van der Waals surface area contributed by atoms with E-state index in [-0.39, 0.29) is 0 Å². The Morgan fingerprint density at radius 2 is 1.42 bits per heavy atom.